The van der Waals surface area contributed by atoms with Crippen molar-refractivity contribution in [1.29, 1.82) is 0 Å². The van der Waals surface area contributed by atoms with E-state index >= 15 is 0 Å². The molecule has 1 fully saturated rings. The quantitative estimate of drug-likeness (QED) is 0.912. The van der Waals surface area contributed by atoms with Crippen LogP contribution in [0.3, 0.4) is 0 Å². The van der Waals surface area contributed by atoms with Crippen LogP contribution in [-0.2, 0) is 13.6 Å². The molecule has 8 heteroatoms. The van der Waals surface area contributed by atoms with Crippen molar-refractivity contribution in [2.75, 3.05) is 13.1 Å². The smallest absolute Gasteiger partial charge is 0.317 e. The van der Waals surface area contributed by atoms with E-state index in [9.17, 15) is 4.79 Å². The van der Waals surface area contributed by atoms with Crippen molar-refractivity contribution in [3.63, 3.8) is 0 Å². The van der Waals surface area contributed by atoms with E-state index in [-0.39, 0.29) is 18.0 Å². The van der Waals surface area contributed by atoms with Crippen molar-refractivity contribution >= 4 is 6.03 Å². The van der Waals surface area contributed by atoms with Crippen molar-refractivity contribution in [3.8, 4) is 0 Å². The molecule has 0 unspecified atom stereocenters. The summed E-state index contributed by atoms with van der Waals surface area (Å²) in [4.78, 5) is 18.4. The average Bonchev–Trinajstić information content (AvgIpc) is 3.19. The van der Waals surface area contributed by atoms with Crippen molar-refractivity contribution in [3.05, 3.63) is 30.9 Å². The van der Waals surface area contributed by atoms with Gasteiger partial charge in [-0.05, 0) is 19.8 Å². The maximum absolute atomic E-state index is 12.5. The molecule has 0 aromatic carbocycles. The number of nitrogens with one attached hydrogen (secondary N) is 1. The van der Waals surface area contributed by atoms with Crippen LogP contribution in [-0.4, -0.2) is 54.4 Å². The number of rotatable bonds is 4. The highest BCUT2D eigenvalue weighted by Crippen LogP contribution is 2.24. The molecule has 2 atom stereocenters. The van der Waals surface area contributed by atoms with Crippen LogP contribution in [0, 0.1) is 0 Å². The van der Waals surface area contributed by atoms with Gasteiger partial charge in [0.2, 0.25) is 0 Å². The van der Waals surface area contributed by atoms with Crippen LogP contribution < -0.4 is 5.32 Å². The first-order valence-electron chi connectivity index (χ1n) is 7.98. The minimum Gasteiger partial charge on any atom is -0.335 e. The molecule has 0 radical (unpaired) electrons. The summed E-state index contributed by atoms with van der Waals surface area (Å²) in [5.41, 5.74) is 0. The Kier molecular flexibility index (Phi) is 4.59. The number of hydrogen-bond donors (Lipinski definition) is 1. The van der Waals surface area contributed by atoms with E-state index in [4.69, 9.17) is 0 Å². The van der Waals surface area contributed by atoms with Crippen LogP contribution in [0.15, 0.2) is 25.0 Å². The molecule has 8 nitrogen and oxygen atoms in total. The lowest BCUT2D eigenvalue weighted by atomic mass is 9.97. The standard InChI is InChI=1S/C15H23N7O/c1-12(8-21-7-5-16-10-21)18-15(23)22-6-3-4-13(9-22)14-19-17-11-20(14)2/h5,7,10-13H,3-4,6,8-9H2,1-2H3,(H,18,23)/t12-,13-/m1/s1. The predicted molar refractivity (Wildman–Crippen MR) is 84.8 cm³/mol. The lowest BCUT2D eigenvalue weighted by molar-refractivity contribution is 0.174. The van der Waals surface area contributed by atoms with Gasteiger partial charge in [-0.1, -0.05) is 0 Å². The van der Waals surface area contributed by atoms with Crippen LogP contribution in [0.4, 0.5) is 4.79 Å². The number of hydrogen-bond acceptors (Lipinski definition) is 4. The number of piperidine rings is 1. The van der Waals surface area contributed by atoms with Crippen molar-refractivity contribution in [1.82, 2.24) is 34.5 Å². The second kappa shape index (κ2) is 6.80. The molecule has 1 saturated heterocycles. The first-order valence-corrected chi connectivity index (χ1v) is 7.98. The van der Waals surface area contributed by atoms with Gasteiger partial charge in [-0.25, -0.2) is 9.78 Å². The highest BCUT2D eigenvalue weighted by molar-refractivity contribution is 5.74. The highest BCUT2D eigenvalue weighted by atomic mass is 16.2. The molecule has 3 heterocycles. The number of imidazole rings is 1. The average molecular weight is 317 g/mol. The second-order valence-electron chi connectivity index (χ2n) is 6.20. The normalized spacial score (nSPS) is 19.6. The zero-order valence-electron chi connectivity index (χ0n) is 13.6. The number of aryl methyl sites for hydroxylation is 1. The van der Waals surface area contributed by atoms with Crippen molar-refractivity contribution < 1.29 is 4.79 Å². The number of nitrogens with zero attached hydrogens (tertiary/aromatic N) is 6. The van der Waals surface area contributed by atoms with E-state index in [1.807, 2.05) is 34.2 Å². The summed E-state index contributed by atoms with van der Waals surface area (Å²) in [6, 6.07) is 0.0383. The molecule has 23 heavy (non-hydrogen) atoms. The van der Waals surface area contributed by atoms with Gasteiger partial charge in [0.15, 0.2) is 0 Å². The minimum absolute atomic E-state index is 0.00974. The Morgan fingerprint density at radius 1 is 1.48 bits per heavy atom. The van der Waals surface area contributed by atoms with Crippen LogP contribution in [0.2, 0.25) is 0 Å². The lowest BCUT2D eigenvalue weighted by Gasteiger charge is -2.33. The van der Waals surface area contributed by atoms with E-state index in [1.54, 1.807) is 18.9 Å². The number of amides is 2. The molecule has 2 aromatic rings. The first kappa shape index (κ1) is 15.5. The molecular formula is C15H23N7O. The lowest BCUT2D eigenvalue weighted by Crippen LogP contribution is -2.48. The second-order valence-corrected chi connectivity index (χ2v) is 6.20. The summed E-state index contributed by atoms with van der Waals surface area (Å²) in [7, 11) is 1.95. The molecule has 0 aliphatic carbocycles. The van der Waals surface area contributed by atoms with Crippen LogP contribution in [0.5, 0.6) is 0 Å². The first-order chi connectivity index (χ1) is 11.1. The molecule has 2 aromatic heterocycles. The summed E-state index contributed by atoms with van der Waals surface area (Å²) >= 11 is 0. The third kappa shape index (κ3) is 3.69. The van der Waals surface area contributed by atoms with Gasteiger partial charge < -0.3 is 19.4 Å². The molecule has 124 valence electrons. The Morgan fingerprint density at radius 2 is 2.35 bits per heavy atom. The Balaban J connectivity index is 1.55. The van der Waals surface area contributed by atoms with Gasteiger partial charge in [-0.3, -0.25) is 0 Å². The summed E-state index contributed by atoms with van der Waals surface area (Å²) in [5.74, 6) is 1.21. The molecule has 0 bridgehead atoms. The summed E-state index contributed by atoms with van der Waals surface area (Å²) in [6.07, 6.45) is 9.13. The molecule has 1 aliphatic rings. The largest absolute Gasteiger partial charge is 0.335 e. The SMILES string of the molecule is C[C@H](Cn1ccnc1)NC(=O)N1CCC[C@@H](c2nncn2C)C1. The summed E-state index contributed by atoms with van der Waals surface area (Å²) in [6.45, 7) is 4.20. The van der Waals surface area contributed by atoms with Crippen LogP contribution >= 0.6 is 0 Å². The van der Waals surface area contributed by atoms with Gasteiger partial charge in [-0.15, -0.1) is 10.2 Å². The van der Waals surface area contributed by atoms with Crippen LogP contribution in [0.1, 0.15) is 31.5 Å². The van der Waals surface area contributed by atoms with Gasteiger partial charge >= 0.3 is 6.03 Å². The summed E-state index contributed by atoms with van der Waals surface area (Å²) in [5, 5.41) is 11.2. The van der Waals surface area contributed by atoms with Gasteiger partial charge in [0.05, 0.1) is 6.33 Å². The molecule has 3 rings (SSSR count). The Labute approximate surface area is 135 Å². The number of carbonyl (C=O) groups excluding carboxylic acids is 1. The van der Waals surface area contributed by atoms with E-state index in [0.717, 1.165) is 25.2 Å². The fraction of sp³-hybridized carbons (Fsp3) is 0.600. The number of urea groups is 1. The zero-order chi connectivity index (χ0) is 16.2. The topological polar surface area (TPSA) is 80.9 Å². The molecule has 0 spiro atoms. The molecule has 2 amide bonds. The van der Waals surface area contributed by atoms with Crippen molar-refractivity contribution in [2.24, 2.45) is 7.05 Å². The highest BCUT2D eigenvalue weighted by Gasteiger charge is 2.27. The van der Waals surface area contributed by atoms with Gasteiger partial charge in [0, 0.05) is 51.0 Å². The third-order valence-corrected chi connectivity index (χ3v) is 4.23. The third-order valence-electron chi connectivity index (χ3n) is 4.23. The molecule has 1 aliphatic heterocycles. The minimum atomic E-state index is -0.00974. The van der Waals surface area contributed by atoms with E-state index in [1.165, 1.54) is 0 Å². The molecule has 1 N–H and O–H groups in total. The Bertz CT molecular complexity index is 636. The predicted octanol–water partition coefficient (Wildman–Crippen LogP) is 0.989. The fourth-order valence-electron chi connectivity index (χ4n) is 3.09. The summed E-state index contributed by atoms with van der Waals surface area (Å²) < 4.78 is 3.90. The fourth-order valence-corrected chi connectivity index (χ4v) is 3.09. The van der Waals surface area contributed by atoms with Gasteiger partial charge in [0.1, 0.15) is 12.2 Å². The van der Waals surface area contributed by atoms with E-state index < -0.39 is 0 Å². The van der Waals surface area contributed by atoms with E-state index in [0.29, 0.717) is 13.1 Å². The maximum Gasteiger partial charge on any atom is 0.317 e. The zero-order valence-corrected chi connectivity index (χ0v) is 13.6. The van der Waals surface area contributed by atoms with Crippen LogP contribution in [0.25, 0.3) is 0 Å². The number of likely N-dealkylation sites (tertiary alicyclic amines) is 1. The van der Waals surface area contributed by atoms with Crippen molar-refractivity contribution in [2.45, 2.75) is 38.3 Å². The van der Waals surface area contributed by atoms with Gasteiger partial charge in [-0.2, -0.15) is 0 Å². The monoisotopic (exact) mass is 317 g/mol. The Morgan fingerprint density at radius 3 is 3.04 bits per heavy atom. The number of aromatic nitrogens is 5. The Hall–Kier alpha value is -2.38. The molecular weight excluding hydrogens is 294 g/mol. The number of carbonyl (C=O) groups is 1. The maximum atomic E-state index is 12.5. The van der Waals surface area contributed by atoms with Gasteiger partial charge in [0.25, 0.3) is 0 Å². The van der Waals surface area contributed by atoms with E-state index in [2.05, 4.69) is 20.5 Å². The molecule has 0 saturated carbocycles.